The number of benzene rings is 1. The van der Waals surface area contributed by atoms with Crippen LogP contribution in [0.3, 0.4) is 0 Å². The number of rotatable bonds is 2. The highest BCUT2D eigenvalue weighted by Crippen LogP contribution is 2.22. The van der Waals surface area contributed by atoms with Gasteiger partial charge in [-0.25, -0.2) is 4.79 Å². The molecule has 2 atom stereocenters. The highest BCUT2D eigenvalue weighted by Gasteiger charge is 2.26. The topological polar surface area (TPSA) is 46.5 Å². The number of carbonyl (C=O) groups is 1. The van der Waals surface area contributed by atoms with Gasteiger partial charge in [-0.2, -0.15) is 0 Å². The fourth-order valence-electron chi connectivity index (χ4n) is 2.19. The summed E-state index contributed by atoms with van der Waals surface area (Å²) in [6.07, 6.45) is 2.68. The monoisotopic (exact) mass is 234 g/mol. The summed E-state index contributed by atoms with van der Waals surface area (Å²) in [4.78, 5) is 11.9. The van der Waals surface area contributed by atoms with Gasteiger partial charge in [-0.1, -0.05) is 24.1 Å². The fraction of sp³-hybridized carbons (Fsp3) is 0.500. The van der Waals surface area contributed by atoms with Crippen LogP contribution in [0.2, 0.25) is 0 Å². The number of esters is 1. The van der Waals surface area contributed by atoms with E-state index in [2.05, 4.69) is 0 Å². The van der Waals surface area contributed by atoms with Crippen molar-refractivity contribution in [3.05, 3.63) is 35.4 Å². The molecule has 3 nitrogen and oxygen atoms in total. The summed E-state index contributed by atoms with van der Waals surface area (Å²) in [5.41, 5.74) is 1.59. The molecule has 0 aliphatic heterocycles. The van der Waals surface area contributed by atoms with E-state index in [4.69, 9.17) is 4.74 Å². The third-order valence-electron chi connectivity index (χ3n) is 3.18. The maximum atomic E-state index is 11.9. The van der Waals surface area contributed by atoms with Crippen LogP contribution >= 0.6 is 0 Å². The minimum absolute atomic E-state index is 0.334. The Bertz CT molecular complexity index is 400. The van der Waals surface area contributed by atoms with Crippen LogP contribution in [0.15, 0.2) is 24.3 Å². The number of aliphatic hydroxyl groups excluding tert-OH is 1. The van der Waals surface area contributed by atoms with E-state index in [1.54, 1.807) is 12.1 Å². The van der Waals surface area contributed by atoms with Crippen molar-refractivity contribution in [3.63, 3.8) is 0 Å². The maximum absolute atomic E-state index is 11.9. The SMILES string of the molecule is Cc1cccc(C(=O)O[C@H]2CCCC[C@@H]2O)c1. The molecule has 1 saturated carbocycles. The van der Waals surface area contributed by atoms with E-state index >= 15 is 0 Å². The van der Waals surface area contributed by atoms with Gasteiger partial charge in [-0.15, -0.1) is 0 Å². The molecule has 0 amide bonds. The average Bonchev–Trinajstić information content (AvgIpc) is 2.32. The van der Waals surface area contributed by atoms with Crippen molar-refractivity contribution in [1.82, 2.24) is 0 Å². The maximum Gasteiger partial charge on any atom is 0.338 e. The Morgan fingerprint density at radius 1 is 1.35 bits per heavy atom. The predicted octanol–water partition coefficient (Wildman–Crippen LogP) is 2.46. The third-order valence-corrected chi connectivity index (χ3v) is 3.18. The Kier molecular flexibility index (Phi) is 3.79. The van der Waals surface area contributed by atoms with E-state index in [9.17, 15) is 9.90 Å². The largest absolute Gasteiger partial charge is 0.456 e. The van der Waals surface area contributed by atoms with E-state index < -0.39 is 6.10 Å². The summed E-state index contributed by atoms with van der Waals surface area (Å²) in [6.45, 7) is 1.94. The van der Waals surface area contributed by atoms with Crippen LogP contribution in [0, 0.1) is 6.92 Å². The molecule has 92 valence electrons. The van der Waals surface area contributed by atoms with Gasteiger partial charge in [0.2, 0.25) is 0 Å². The molecule has 1 N–H and O–H groups in total. The molecule has 1 aliphatic rings. The van der Waals surface area contributed by atoms with Crippen LogP contribution in [-0.4, -0.2) is 23.3 Å². The predicted molar refractivity (Wildman–Crippen MR) is 64.9 cm³/mol. The average molecular weight is 234 g/mol. The molecule has 0 saturated heterocycles. The summed E-state index contributed by atoms with van der Waals surface area (Å²) in [5, 5.41) is 9.74. The van der Waals surface area contributed by atoms with Crippen molar-refractivity contribution in [1.29, 1.82) is 0 Å². The molecule has 0 radical (unpaired) electrons. The van der Waals surface area contributed by atoms with Gasteiger partial charge in [0.25, 0.3) is 0 Å². The molecule has 0 aromatic heterocycles. The van der Waals surface area contributed by atoms with Gasteiger partial charge in [0, 0.05) is 0 Å². The molecule has 1 aromatic carbocycles. The van der Waals surface area contributed by atoms with Gasteiger partial charge in [-0.3, -0.25) is 0 Å². The first-order chi connectivity index (χ1) is 8.16. The lowest BCUT2D eigenvalue weighted by Gasteiger charge is -2.27. The number of hydrogen-bond donors (Lipinski definition) is 1. The van der Waals surface area contributed by atoms with Crippen molar-refractivity contribution in [3.8, 4) is 0 Å². The van der Waals surface area contributed by atoms with E-state index in [0.29, 0.717) is 5.56 Å². The van der Waals surface area contributed by atoms with Crippen LogP contribution in [-0.2, 0) is 4.74 Å². The number of carbonyl (C=O) groups excluding carboxylic acids is 1. The quantitative estimate of drug-likeness (QED) is 0.799. The molecule has 1 aliphatic carbocycles. The summed E-state index contributed by atoms with van der Waals surface area (Å²) < 4.78 is 5.36. The molecule has 1 aromatic rings. The summed E-state index contributed by atoms with van der Waals surface area (Å²) >= 11 is 0. The van der Waals surface area contributed by atoms with Crippen molar-refractivity contribution in [2.24, 2.45) is 0 Å². The molecule has 3 heteroatoms. The molecule has 1 fully saturated rings. The van der Waals surface area contributed by atoms with Crippen LogP contribution in [0.5, 0.6) is 0 Å². The second-order valence-electron chi connectivity index (χ2n) is 4.67. The zero-order valence-electron chi connectivity index (χ0n) is 10.1. The zero-order chi connectivity index (χ0) is 12.3. The first-order valence-corrected chi connectivity index (χ1v) is 6.12. The van der Waals surface area contributed by atoms with Gasteiger partial charge in [-0.05, 0) is 38.3 Å². The molecular weight excluding hydrogens is 216 g/mol. The highest BCUT2D eigenvalue weighted by atomic mass is 16.6. The second kappa shape index (κ2) is 5.32. The Morgan fingerprint density at radius 3 is 2.82 bits per heavy atom. The molecule has 0 heterocycles. The number of hydrogen-bond acceptors (Lipinski definition) is 3. The lowest BCUT2D eigenvalue weighted by molar-refractivity contribution is -0.0360. The summed E-state index contributed by atoms with van der Waals surface area (Å²) in [7, 11) is 0. The van der Waals surface area contributed by atoms with Crippen LogP contribution in [0.1, 0.15) is 41.6 Å². The fourth-order valence-corrected chi connectivity index (χ4v) is 2.19. The molecule has 2 rings (SSSR count). The number of aryl methyl sites for hydroxylation is 1. The van der Waals surface area contributed by atoms with Gasteiger partial charge in [0.1, 0.15) is 6.10 Å². The van der Waals surface area contributed by atoms with E-state index in [1.807, 2.05) is 19.1 Å². The lowest BCUT2D eigenvalue weighted by Crippen LogP contribution is -2.34. The van der Waals surface area contributed by atoms with Crippen molar-refractivity contribution < 1.29 is 14.6 Å². The van der Waals surface area contributed by atoms with Crippen LogP contribution in [0.25, 0.3) is 0 Å². The summed E-state index contributed by atoms with van der Waals surface area (Å²) in [5.74, 6) is -0.334. The Labute approximate surface area is 101 Å². The standard InChI is InChI=1S/C14H18O3/c1-10-5-4-6-11(9-10)14(16)17-13-8-3-2-7-12(13)15/h4-6,9,12-13,15H,2-3,7-8H2,1H3/t12-,13-/m0/s1. The lowest BCUT2D eigenvalue weighted by atomic mass is 9.95. The first-order valence-electron chi connectivity index (χ1n) is 6.12. The zero-order valence-corrected chi connectivity index (χ0v) is 10.1. The Hall–Kier alpha value is -1.35. The molecule has 0 bridgehead atoms. The van der Waals surface area contributed by atoms with Crippen LogP contribution < -0.4 is 0 Å². The molecular formula is C14H18O3. The van der Waals surface area contributed by atoms with Gasteiger partial charge < -0.3 is 9.84 Å². The smallest absolute Gasteiger partial charge is 0.338 e. The minimum atomic E-state index is -0.502. The van der Waals surface area contributed by atoms with Gasteiger partial charge in [0.15, 0.2) is 0 Å². The summed E-state index contributed by atoms with van der Waals surface area (Å²) in [6, 6.07) is 7.32. The van der Waals surface area contributed by atoms with Gasteiger partial charge >= 0.3 is 5.97 Å². The van der Waals surface area contributed by atoms with E-state index in [1.165, 1.54) is 0 Å². The first kappa shape index (κ1) is 12.1. The number of aliphatic hydroxyl groups is 1. The highest BCUT2D eigenvalue weighted by molar-refractivity contribution is 5.89. The number of ether oxygens (including phenoxy) is 1. The van der Waals surface area contributed by atoms with E-state index in [-0.39, 0.29) is 12.1 Å². The Balaban J connectivity index is 2.01. The normalized spacial score (nSPS) is 24.4. The second-order valence-corrected chi connectivity index (χ2v) is 4.67. The Morgan fingerprint density at radius 2 is 2.12 bits per heavy atom. The van der Waals surface area contributed by atoms with E-state index in [0.717, 1.165) is 31.2 Å². The van der Waals surface area contributed by atoms with Crippen molar-refractivity contribution in [2.45, 2.75) is 44.8 Å². The molecule has 0 unspecified atom stereocenters. The van der Waals surface area contributed by atoms with Gasteiger partial charge in [0.05, 0.1) is 11.7 Å². The van der Waals surface area contributed by atoms with Crippen molar-refractivity contribution in [2.75, 3.05) is 0 Å². The molecule has 0 spiro atoms. The van der Waals surface area contributed by atoms with Crippen LogP contribution in [0.4, 0.5) is 0 Å². The third kappa shape index (κ3) is 3.07. The minimum Gasteiger partial charge on any atom is -0.456 e. The molecule has 17 heavy (non-hydrogen) atoms. The van der Waals surface area contributed by atoms with Crippen molar-refractivity contribution >= 4 is 5.97 Å².